The number of dihydropyridines is 1. The summed E-state index contributed by atoms with van der Waals surface area (Å²) in [5, 5.41) is 8.94. The summed E-state index contributed by atoms with van der Waals surface area (Å²) in [5.41, 5.74) is 0.944. The number of hydrogen-bond donors (Lipinski definition) is 1. The molecular weight excluding hydrogens is 182 g/mol. The Balaban J connectivity index is 2.10. The smallest absolute Gasteiger partial charge is 0.331 e. The van der Waals surface area contributed by atoms with E-state index in [1.54, 1.807) is 6.21 Å². The van der Waals surface area contributed by atoms with Gasteiger partial charge in [-0.05, 0) is 31.4 Å². The predicted octanol–water partition coefficient (Wildman–Crippen LogP) is 1.02. The Labute approximate surface area is 82.3 Å². The fraction of sp³-hybridized carbons (Fsp3) is 0.600. The van der Waals surface area contributed by atoms with E-state index in [-0.39, 0.29) is 12.2 Å². The number of ether oxygens (including phenoxy) is 1. The summed E-state index contributed by atoms with van der Waals surface area (Å²) in [5.74, 6) is -0.917. The van der Waals surface area contributed by atoms with E-state index in [9.17, 15) is 4.79 Å². The van der Waals surface area contributed by atoms with Gasteiger partial charge in [0.15, 0.2) is 6.04 Å². The quantitative estimate of drug-likeness (QED) is 0.731. The standard InChI is InChI=1S/C10H13NO3/c1-6-4-5-11-8(10(12)13)9(6)14-7-2-3-7/h4-5,7-9H,2-3H2,1H3,(H,12,13). The molecule has 2 aliphatic rings. The van der Waals surface area contributed by atoms with Crippen LogP contribution in [-0.2, 0) is 9.53 Å². The molecule has 1 saturated carbocycles. The van der Waals surface area contributed by atoms with Gasteiger partial charge in [0.05, 0.1) is 6.10 Å². The van der Waals surface area contributed by atoms with Crippen LogP contribution in [0.2, 0.25) is 0 Å². The fourth-order valence-corrected chi connectivity index (χ4v) is 1.46. The summed E-state index contributed by atoms with van der Waals surface area (Å²) in [6.07, 6.45) is 5.32. The highest BCUT2D eigenvalue weighted by atomic mass is 16.5. The molecule has 0 saturated heterocycles. The van der Waals surface area contributed by atoms with Crippen molar-refractivity contribution in [3.05, 3.63) is 11.6 Å². The molecule has 0 spiro atoms. The number of carboxylic acid groups (broad SMARTS) is 1. The van der Waals surface area contributed by atoms with E-state index >= 15 is 0 Å². The molecular formula is C10H13NO3. The van der Waals surface area contributed by atoms with Crippen LogP contribution in [0.5, 0.6) is 0 Å². The highest BCUT2D eigenvalue weighted by Crippen LogP contribution is 2.29. The number of aliphatic carboxylic acids is 1. The van der Waals surface area contributed by atoms with Crippen LogP contribution >= 0.6 is 0 Å². The Morgan fingerprint density at radius 1 is 1.64 bits per heavy atom. The summed E-state index contributed by atoms with van der Waals surface area (Å²) in [6.45, 7) is 1.88. The normalized spacial score (nSPS) is 31.4. The molecule has 4 nitrogen and oxygen atoms in total. The maximum absolute atomic E-state index is 10.9. The van der Waals surface area contributed by atoms with Gasteiger partial charge >= 0.3 is 5.97 Å². The minimum Gasteiger partial charge on any atom is -0.480 e. The van der Waals surface area contributed by atoms with E-state index in [0.717, 1.165) is 18.4 Å². The van der Waals surface area contributed by atoms with E-state index in [0.29, 0.717) is 0 Å². The Bertz CT molecular complexity index is 304. The van der Waals surface area contributed by atoms with Crippen LogP contribution in [0.4, 0.5) is 0 Å². The molecule has 1 fully saturated rings. The number of carbonyl (C=O) groups is 1. The van der Waals surface area contributed by atoms with Crippen molar-refractivity contribution in [3.63, 3.8) is 0 Å². The zero-order valence-electron chi connectivity index (χ0n) is 8.01. The lowest BCUT2D eigenvalue weighted by Crippen LogP contribution is -2.37. The lowest BCUT2D eigenvalue weighted by Gasteiger charge is -2.24. The molecule has 1 aliphatic heterocycles. The fourth-order valence-electron chi connectivity index (χ4n) is 1.46. The maximum atomic E-state index is 10.9. The number of carboxylic acids is 1. The first kappa shape index (κ1) is 9.40. The molecule has 0 aromatic rings. The van der Waals surface area contributed by atoms with Gasteiger partial charge in [-0.2, -0.15) is 0 Å². The number of hydrogen-bond acceptors (Lipinski definition) is 3. The second kappa shape index (κ2) is 3.53. The molecule has 76 valence electrons. The van der Waals surface area contributed by atoms with Gasteiger partial charge in [0, 0.05) is 6.21 Å². The van der Waals surface area contributed by atoms with Crippen LogP contribution in [0.25, 0.3) is 0 Å². The number of rotatable bonds is 3. The molecule has 2 unspecified atom stereocenters. The van der Waals surface area contributed by atoms with Crippen LogP contribution in [0, 0.1) is 0 Å². The first-order valence-electron chi connectivity index (χ1n) is 4.76. The van der Waals surface area contributed by atoms with Crippen molar-refractivity contribution in [1.29, 1.82) is 0 Å². The van der Waals surface area contributed by atoms with Crippen molar-refractivity contribution in [3.8, 4) is 0 Å². The van der Waals surface area contributed by atoms with E-state index < -0.39 is 12.0 Å². The summed E-state index contributed by atoms with van der Waals surface area (Å²) < 4.78 is 5.63. The predicted molar refractivity (Wildman–Crippen MR) is 51.6 cm³/mol. The van der Waals surface area contributed by atoms with Gasteiger partial charge in [0.25, 0.3) is 0 Å². The minimum atomic E-state index is -0.917. The minimum absolute atomic E-state index is 0.249. The van der Waals surface area contributed by atoms with Crippen molar-refractivity contribution in [1.82, 2.24) is 0 Å². The van der Waals surface area contributed by atoms with Gasteiger partial charge in [-0.15, -0.1) is 0 Å². The third kappa shape index (κ3) is 1.85. The van der Waals surface area contributed by atoms with Crippen LogP contribution in [-0.4, -0.2) is 35.5 Å². The zero-order valence-corrected chi connectivity index (χ0v) is 8.01. The van der Waals surface area contributed by atoms with E-state index in [4.69, 9.17) is 9.84 Å². The van der Waals surface area contributed by atoms with E-state index in [1.165, 1.54) is 0 Å². The van der Waals surface area contributed by atoms with Gasteiger partial charge in [0.2, 0.25) is 0 Å². The molecule has 0 amide bonds. The molecule has 1 aliphatic carbocycles. The maximum Gasteiger partial charge on any atom is 0.331 e. The van der Waals surface area contributed by atoms with Crippen molar-refractivity contribution in [2.45, 2.75) is 38.0 Å². The monoisotopic (exact) mass is 195 g/mol. The Kier molecular flexibility index (Phi) is 2.37. The largest absolute Gasteiger partial charge is 0.480 e. The molecule has 1 heterocycles. The average Bonchev–Trinajstić information content (AvgIpc) is 2.91. The molecule has 0 bridgehead atoms. The number of aliphatic imine (C=N–C) groups is 1. The van der Waals surface area contributed by atoms with Crippen LogP contribution in [0.15, 0.2) is 16.6 Å². The van der Waals surface area contributed by atoms with Crippen molar-refractivity contribution in [2.75, 3.05) is 0 Å². The molecule has 0 radical (unpaired) electrons. The number of allylic oxidation sites excluding steroid dienone is 1. The zero-order chi connectivity index (χ0) is 10.1. The van der Waals surface area contributed by atoms with Gasteiger partial charge in [-0.3, -0.25) is 4.99 Å². The van der Waals surface area contributed by atoms with Crippen LogP contribution in [0.1, 0.15) is 19.8 Å². The Hall–Kier alpha value is -1.16. The third-order valence-electron chi connectivity index (χ3n) is 2.44. The summed E-state index contributed by atoms with van der Waals surface area (Å²) in [7, 11) is 0. The summed E-state index contributed by atoms with van der Waals surface area (Å²) >= 11 is 0. The van der Waals surface area contributed by atoms with Gasteiger partial charge in [-0.25, -0.2) is 4.79 Å². The molecule has 2 atom stereocenters. The molecule has 1 N–H and O–H groups in total. The van der Waals surface area contributed by atoms with Crippen LogP contribution in [0.3, 0.4) is 0 Å². The molecule has 0 aromatic heterocycles. The number of nitrogens with zero attached hydrogens (tertiary/aromatic N) is 1. The van der Waals surface area contributed by atoms with Crippen LogP contribution < -0.4 is 0 Å². The Morgan fingerprint density at radius 2 is 2.36 bits per heavy atom. The second-order valence-corrected chi connectivity index (χ2v) is 3.75. The van der Waals surface area contributed by atoms with E-state index in [1.807, 2.05) is 13.0 Å². The van der Waals surface area contributed by atoms with Gasteiger partial charge < -0.3 is 9.84 Å². The van der Waals surface area contributed by atoms with E-state index in [2.05, 4.69) is 4.99 Å². The second-order valence-electron chi connectivity index (χ2n) is 3.75. The lowest BCUT2D eigenvalue weighted by molar-refractivity contribution is -0.141. The molecule has 0 aromatic carbocycles. The average molecular weight is 195 g/mol. The van der Waals surface area contributed by atoms with Crippen molar-refractivity contribution < 1.29 is 14.6 Å². The summed E-state index contributed by atoms with van der Waals surface area (Å²) in [4.78, 5) is 14.8. The molecule has 2 rings (SSSR count). The van der Waals surface area contributed by atoms with Gasteiger partial charge in [-0.1, -0.05) is 0 Å². The topological polar surface area (TPSA) is 58.9 Å². The third-order valence-corrected chi connectivity index (χ3v) is 2.44. The summed E-state index contributed by atoms with van der Waals surface area (Å²) in [6, 6.07) is -0.763. The van der Waals surface area contributed by atoms with Crippen molar-refractivity contribution >= 4 is 12.2 Å². The first-order valence-corrected chi connectivity index (χ1v) is 4.76. The van der Waals surface area contributed by atoms with Gasteiger partial charge in [0.1, 0.15) is 6.10 Å². The Morgan fingerprint density at radius 3 is 2.93 bits per heavy atom. The molecule has 4 heteroatoms. The highest BCUT2D eigenvalue weighted by Gasteiger charge is 2.36. The lowest BCUT2D eigenvalue weighted by atomic mass is 10.0. The SMILES string of the molecule is CC1=CC=NC(C(=O)O)C1OC1CC1. The highest BCUT2D eigenvalue weighted by molar-refractivity contribution is 5.83. The molecule has 14 heavy (non-hydrogen) atoms. The van der Waals surface area contributed by atoms with Crippen molar-refractivity contribution in [2.24, 2.45) is 4.99 Å². The first-order chi connectivity index (χ1) is 6.68.